The molecule has 2 aliphatic heterocycles. The van der Waals surface area contributed by atoms with Crippen molar-refractivity contribution in [1.82, 2.24) is 20.9 Å². The molecule has 0 aromatic heterocycles. The van der Waals surface area contributed by atoms with Gasteiger partial charge < -0.3 is 26.4 Å². The van der Waals surface area contributed by atoms with E-state index < -0.39 is 23.7 Å². The molecule has 0 radical (unpaired) electrons. The number of benzene rings is 1. The number of carbonyl (C=O) groups is 3. The summed E-state index contributed by atoms with van der Waals surface area (Å²) < 4.78 is 5.81. The van der Waals surface area contributed by atoms with Gasteiger partial charge in [-0.1, -0.05) is 37.3 Å². The third-order valence-electron chi connectivity index (χ3n) is 5.57. The highest BCUT2D eigenvalue weighted by Crippen LogP contribution is 2.26. The lowest BCUT2D eigenvalue weighted by atomic mass is 9.99. The number of hydrogen-bond donors (Lipinski definition) is 4. The third-order valence-corrected chi connectivity index (χ3v) is 5.57. The molecule has 3 rings (SSSR count). The summed E-state index contributed by atoms with van der Waals surface area (Å²) in [5, 5.41) is 8.84. The molecule has 1 aromatic carbocycles. The normalized spacial score (nSPS) is 19.8. The van der Waals surface area contributed by atoms with E-state index in [1.807, 2.05) is 37.3 Å². The van der Waals surface area contributed by atoms with E-state index in [1.165, 1.54) is 0 Å². The molecule has 0 saturated carbocycles. The molecule has 0 spiro atoms. The predicted molar refractivity (Wildman–Crippen MR) is 120 cm³/mol. The van der Waals surface area contributed by atoms with Crippen LogP contribution in [0.1, 0.15) is 39.2 Å². The zero-order valence-electron chi connectivity index (χ0n) is 18.9. The molecule has 0 fully saturated rings. The van der Waals surface area contributed by atoms with Crippen molar-refractivity contribution < 1.29 is 19.1 Å². The zero-order valence-corrected chi connectivity index (χ0v) is 18.9. The van der Waals surface area contributed by atoms with E-state index >= 15 is 0 Å². The van der Waals surface area contributed by atoms with Gasteiger partial charge in [0.15, 0.2) is 0 Å². The first-order chi connectivity index (χ1) is 15.2. The maximum absolute atomic E-state index is 13.7. The molecule has 9 nitrogen and oxygen atoms in total. The molecular formula is C23H33N5O4. The van der Waals surface area contributed by atoms with E-state index in [0.717, 1.165) is 5.56 Å². The zero-order chi connectivity index (χ0) is 23.3. The first-order valence-corrected chi connectivity index (χ1v) is 11.0. The molecule has 2 heterocycles. The molecule has 5 N–H and O–H groups in total. The van der Waals surface area contributed by atoms with Gasteiger partial charge in [0.05, 0.1) is 24.3 Å². The fraction of sp³-hybridized carbons (Fsp3) is 0.522. The standard InChI is InChI=1S/C23H33N5O4/c1-4-19-27-20(29)16-12-25-11-10-18(16)28(19)21(30)17(26-22(31)23(2,3)24)14-32-13-15-8-6-5-7-9-15/h5-9,17,19,25H,4,10-14,24H2,1-3H3,(H,26,31)(H,27,29). The van der Waals surface area contributed by atoms with Crippen molar-refractivity contribution in [1.29, 1.82) is 0 Å². The van der Waals surface area contributed by atoms with Crippen molar-refractivity contribution in [2.75, 3.05) is 19.7 Å². The van der Waals surface area contributed by atoms with Crippen molar-refractivity contribution in [3.05, 3.63) is 47.2 Å². The summed E-state index contributed by atoms with van der Waals surface area (Å²) >= 11 is 0. The molecule has 0 saturated heterocycles. The van der Waals surface area contributed by atoms with Gasteiger partial charge in [0.25, 0.3) is 11.8 Å². The van der Waals surface area contributed by atoms with Gasteiger partial charge in [-0.05, 0) is 25.8 Å². The molecule has 32 heavy (non-hydrogen) atoms. The van der Waals surface area contributed by atoms with Gasteiger partial charge in [0, 0.05) is 25.2 Å². The van der Waals surface area contributed by atoms with E-state index in [1.54, 1.807) is 18.7 Å². The van der Waals surface area contributed by atoms with Crippen molar-refractivity contribution >= 4 is 17.7 Å². The predicted octanol–water partition coefficient (Wildman–Crippen LogP) is 0.367. The second-order valence-electron chi connectivity index (χ2n) is 8.71. The highest BCUT2D eigenvalue weighted by Gasteiger charge is 2.40. The minimum absolute atomic E-state index is 0.0166. The highest BCUT2D eigenvalue weighted by molar-refractivity contribution is 5.99. The van der Waals surface area contributed by atoms with Crippen LogP contribution in [0.4, 0.5) is 0 Å². The number of nitrogens with zero attached hydrogens (tertiary/aromatic N) is 1. The molecule has 2 unspecified atom stereocenters. The lowest BCUT2D eigenvalue weighted by Crippen LogP contribution is -2.63. The number of nitrogens with two attached hydrogens (primary N) is 1. The van der Waals surface area contributed by atoms with Crippen LogP contribution >= 0.6 is 0 Å². The summed E-state index contributed by atoms with van der Waals surface area (Å²) in [6.07, 6.45) is 0.611. The van der Waals surface area contributed by atoms with Crippen LogP contribution in [0.15, 0.2) is 41.6 Å². The van der Waals surface area contributed by atoms with Gasteiger partial charge in [0.1, 0.15) is 12.2 Å². The first kappa shape index (κ1) is 23.9. The summed E-state index contributed by atoms with van der Waals surface area (Å²) in [6.45, 7) is 6.43. The van der Waals surface area contributed by atoms with Gasteiger partial charge in [-0.3, -0.25) is 19.3 Å². The lowest BCUT2D eigenvalue weighted by Gasteiger charge is -2.42. The van der Waals surface area contributed by atoms with E-state index in [2.05, 4.69) is 16.0 Å². The minimum atomic E-state index is -1.16. The topological polar surface area (TPSA) is 126 Å². The average molecular weight is 444 g/mol. The molecule has 2 atom stereocenters. The van der Waals surface area contributed by atoms with Crippen LogP contribution in [0.2, 0.25) is 0 Å². The van der Waals surface area contributed by atoms with Crippen LogP contribution in [0.3, 0.4) is 0 Å². The van der Waals surface area contributed by atoms with Crippen molar-refractivity contribution in [2.45, 2.75) is 58.0 Å². The Bertz CT molecular complexity index is 878. The fourth-order valence-corrected chi connectivity index (χ4v) is 3.77. The molecule has 9 heteroatoms. The van der Waals surface area contributed by atoms with Gasteiger partial charge in [-0.25, -0.2) is 0 Å². The SMILES string of the molecule is CCC1NC(=O)C2=C(CCNC2)N1C(=O)C(COCc1ccccc1)NC(=O)C(C)(C)N. The smallest absolute Gasteiger partial charge is 0.253 e. The number of rotatable bonds is 8. The van der Waals surface area contributed by atoms with Crippen LogP contribution in [-0.2, 0) is 25.7 Å². The van der Waals surface area contributed by atoms with E-state index in [4.69, 9.17) is 10.5 Å². The Kier molecular flexibility index (Phi) is 7.65. The summed E-state index contributed by atoms with van der Waals surface area (Å²) in [7, 11) is 0. The summed E-state index contributed by atoms with van der Waals surface area (Å²) in [5.41, 5.74) is 7.02. The van der Waals surface area contributed by atoms with Gasteiger partial charge in [-0.2, -0.15) is 0 Å². The Morgan fingerprint density at radius 1 is 1.31 bits per heavy atom. The van der Waals surface area contributed by atoms with Gasteiger partial charge in [-0.15, -0.1) is 0 Å². The maximum Gasteiger partial charge on any atom is 0.253 e. The number of nitrogens with one attached hydrogen (secondary N) is 3. The minimum Gasteiger partial charge on any atom is -0.374 e. The third kappa shape index (κ3) is 5.53. The monoisotopic (exact) mass is 443 g/mol. The Hall–Kier alpha value is -2.75. The van der Waals surface area contributed by atoms with E-state index in [0.29, 0.717) is 43.8 Å². The molecule has 3 amide bonds. The highest BCUT2D eigenvalue weighted by atomic mass is 16.5. The number of hydrogen-bond acceptors (Lipinski definition) is 6. The Morgan fingerprint density at radius 3 is 2.69 bits per heavy atom. The first-order valence-electron chi connectivity index (χ1n) is 11.0. The summed E-state index contributed by atoms with van der Waals surface area (Å²) in [5.74, 6) is -0.934. The van der Waals surface area contributed by atoms with Crippen LogP contribution in [0.25, 0.3) is 0 Å². The number of amides is 3. The van der Waals surface area contributed by atoms with Crippen molar-refractivity contribution in [2.24, 2.45) is 5.73 Å². The van der Waals surface area contributed by atoms with Crippen LogP contribution in [0.5, 0.6) is 0 Å². The fourth-order valence-electron chi connectivity index (χ4n) is 3.77. The second-order valence-corrected chi connectivity index (χ2v) is 8.71. The molecular weight excluding hydrogens is 410 g/mol. The maximum atomic E-state index is 13.7. The Labute approximate surface area is 188 Å². The van der Waals surface area contributed by atoms with Crippen molar-refractivity contribution in [3.63, 3.8) is 0 Å². The van der Waals surface area contributed by atoms with Crippen LogP contribution in [-0.4, -0.2) is 60.1 Å². The molecule has 2 aliphatic rings. The largest absolute Gasteiger partial charge is 0.374 e. The number of carbonyl (C=O) groups excluding carboxylic acids is 3. The second kappa shape index (κ2) is 10.2. The lowest BCUT2D eigenvalue weighted by molar-refractivity contribution is -0.142. The molecule has 1 aromatic rings. The molecule has 174 valence electrons. The average Bonchev–Trinajstić information content (AvgIpc) is 2.78. The summed E-state index contributed by atoms with van der Waals surface area (Å²) in [4.78, 5) is 40.5. The Balaban J connectivity index is 1.84. The van der Waals surface area contributed by atoms with Crippen molar-refractivity contribution in [3.8, 4) is 0 Å². The molecule has 0 bridgehead atoms. The molecule has 0 aliphatic carbocycles. The van der Waals surface area contributed by atoms with E-state index in [9.17, 15) is 14.4 Å². The number of ether oxygens (including phenoxy) is 1. The summed E-state index contributed by atoms with van der Waals surface area (Å²) in [6, 6.07) is 8.65. The Morgan fingerprint density at radius 2 is 2.03 bits per heavy atom. The van der Waals surface area contributed by atoms with Crippen LogP contribution in [0, 0.1) is 0 Å². The quantitative estimate of drug-likeness (QED) is 0.460. The van der Waals surface area contributed by atoms with Gasteiger partial charge in [0.2, 0.25) is 5.91 Å². The van der Waals surface area contributed by atoms with Gasteiger partial charge >= 0.3 is 0 Å². The van der Waals surface area contributed by atoms with E-state index in [-0.39, 0.29) is 18.4 Å². The van der Waals surface area contributed by atoms with Crippen LogP contribution < -0.4 is 21.7 Å².